The lowest BCUT2D eigenvalue weighted by Crippen LogP contribution is -2.28. The van der Waals surface area contributed by atoms with E-state index < -0.39 is 21.6 Å². The SMILES string of the molecule is COC(=O)c1ccc(=O)n(S(=O)(=O)c2ccccc2C#N)c1. The minimum atomic E-state index is -4.30. The van der Waals surface area contributed by atoms with Crippen LogP contribution in [0.2, 0.25) is 0 Å². The third-order valence-corrected chi connectivity index (χ3v) is 4.56. The van der Waals surface area contributed by atoms with Gasteiger partial charge in [-0.25, -0.2) is 17.2 Å². The largest absolute Gasteiger partial charge is 0.465 e. The molecule has 1 heterocycles. The van der Waals surface area contributed by atoms with Crippen LogP contribution in [-0.2, 0) is 14.8 Å². The molecule has 1 aromatic carbocycles. The summed E-state index contributed by atoms with van der Waals surface area (Å²) in [7, 11) is -3.17. The highest BCUT2D eigenvalue weighted by atomic mass is 32.2. The normalized spacial score (nSPS) is 10.7. The van der Waals surface area contributed by atoms with E-state index in [0.717, 1.165) is 25.4 Å². The van der Waals surface area contributed by atoms with Gasteiger partial charge < -0.3 is 4.74 Å². The molecule has 0 radical (unpaired) electrons. The van der Waals surface area contributed by atoms with Crippen LogP contribution in [0.5, 0.6) is 0 Å². The summed E-state index contributed by atoms with van der Waals surface area (Å²) in [4.78, 5) is 23.0. The molecule has 2 rings (SSSR count). The molecule has 0 aliphatic rings. The lowest BCUT2D eigenvalue weighted by molar-refractivity contribution is 0.0600. The molecule has 0 saturated heterocycles. The van der Waals surface area contributed by atoms with Crippen LogP contribution in [0.15, 0.2) is 52.3 Å². The van der Waals surface area contributed by atoms with Crippen LogP contribution in [0.25, 0.3) is 0 Å². The molecule has 0 N–H and O–H groups in total. The zero-order valence-corrected chi connectivity index (χ0v) is 12.2. The topological polar surface area (TPSA) is 106 Å². The maximum Gasteiger partial charge on any atom is 0.339 e. The van der Waals surface area contributed by atoms with Crippen molar-refractivity contribution in [1.29, 1.82) is 5.26 Å². The first-order chi connectivity index (χ1) is 10.4. The molecule has 0 bridgehead atoms. The molecule has 0 spiro atoms. The third kappa shape index (κ3) is 2.62. The highest BCUT2D eigenvalue weighted by molar-refractivity contribution is 7.90. The number of benzene rings is 1. The van der Waals surface area contributed by atoms with E-state index in [-0.39, 0.29) is 16.0 Å². The molecule has 112 valence electrons. The summed E-state index contributed by atoms with van der Waals surface area (Å²) in [6.45, 7) is 0. The zero-order chi connectivity index (χ0) is 16.3. The van der Waals surface area contributed by atoms with Crippen LogP contribution < -0.4 is 5.56 Å². The monoisotopic (exact) mass is 318 g/mol. The van der Waals surface area contributed by atoms with Crippen LogP contribution in [0, 0.1) is 11.3 Å². The number of methoxy groups -OCH3 is 1. The maximum absolute atomic E-state index is 12.6. The average molecular weight is 318 g/mol. The van der Waals surface area contributed by atoms with Crippen molar-refractivity contribution in [2.24, 2.45) is 0 Å². The van der Waals surface area contributed by atoms with Crippen molar-refractivity contribution in [2.75, 3.05) is 7.11 Å². The van der Waals surface area contributed by atoms with Crippen LogP contribution in [0.1, 0.15) is 15.9 Å². The number of carbonyl (C=O) groups excluding carboxylic acids is 1. The Morgan fingerprint density at radius 2 is 1.91 bits per heavy atom. The van der Waals surface area contributed by atoms with Gasteiger partial charge in [0.15, 0.2) is 0 Å². The van der Waals surface area contributed by atoms with E-state index in [2.05, 4.69) is 4.74 Å². The second kappa shape index (κ2) is 5.83. The number of hydrogen-bond acceptors (Lipinski definition) is 6. The molecule has 0 aliphatic heterocycles. The minimum absolute atomic E-state index is 0.0971. The Balaban J connectivity index is 2.72. The third-order valence-electron chi connectivity index (χ3n) is 2.84. The molecular formula is C14H10N2O5S. The second-order valence-electron chi connectivity index (χ2n) is 4.16. The molecule has 7 nitrogen and oxygen atoms in total. The fourth-order valence-corrected chi connectivity index (χ4v) is 3.19. The molecular weight excluding hydrogens is 308 g/mol. The van der Waals surface area contributed by atoms with Crippen molar-refractivity contribution in [2.45, 2.75) is 4.90 Å². The predicted octanol–water partition coefficient (Wildman–Crippen LogP) is 0.744. The number of esters is 1. The number of nitriles is 1. The first kappa shape index (κ1) is 15.5. The number of ether oxygens (including phenoxy) is 1. The van der Waals surface area contributed by atoms with Gasteiger partial charge in [-0.1, -0.05) is 12.1 Å². The zero-order valence-electron chi connectivity index (χ0n) is 11.4. The summed E-state index contributed by atoms with van der Waals surface area (Å²) < 4.78 is 30.0. The molecule has 0 saturated carbocycles. The van der Waals surface area contributed by atoms with Gasteiger partial charge in [-0.2, -0.15) is 5.26 Å². The Morgan fingerprint density at radius 1 is 1.23 bits per heavy atom. The number of pyridine rings is 1. The fourth-order valence-electron chi connectivity index (χ4n) is 1.78. The molecule has 8 heteroatoms. The van der Waals surface area contributed by atoms with E-state index in [1.807, 2.05) is 0 Å². The van der Waals surface area contributed by atoms with Crippen LogP contribution in [0.4, 0.5) is 0 Å². The van der Waals surface area contributed by atoms with Gasteiger partial charge in [0.2, 0.25) is 0 Å². The Hall–Kier alpha value is -2.92. The molecule has 22 heavy (non-hydrogen) atoms. The standard InChI is InChI=1S/C14H10N2O5S/c1-21-14(18)11-6-7-13(17)16(9-11)22(19,20)12-5-3-2-4-10(12)8-15/h2-7,9H,1H3. The van der Waals surface area contributed by atoms with E-state index in [1.165, 1.54) is 24.3 Å². The van der Waals surface area contributed by atoms with Crippen molar-refractivity contribution in [1.82, 2.24) is 3.97 Å². The van der Waals surface area contributed by atoms with Crippen LogP contribution in [0.3, 0.4) is 0 Å². The fraction of sp³-hybridized carbons (Fsp3) is 0.0714. The summed E-state index contributed by atoms with van der Waals surface area (Å²) in [5.74, 6) is -0.780. The van der Waals surface area contributed by atoms with E-state index in [9.17, 15) is 18.0 Å². The quantitative estimate of drug-likeness (QED) is 0.773. The van der Waals surface area contributed by atoms with Gasteiger partial charge in [-0.15, -0.1) is 0 Å². The molecule has 0 aliphatic carbocycles. The van der Waals surface area contributed by atoms with Gasteiger partial charge in [-0.3, -0.25) is 4.79 Å². The summed E-state index contributed by atoms with van der Waals surface area (Å²) in [6.07, 6.45) is 0.873. The smallest absolute Gasteiger partial charge is 0.339 e. The van der Waals surface area contributed by atoms with Crippen molar-refractivity contribution in [3.63, 3.8) is 0 Å². The minimum Gasteiger partial charge on any atom is -0.465 e. The molecule has 1 aromatic heterocycles. The molecule has 0 atom stereocenters. The first-order valence-electron chi connectivity index (χ1n) is 5.97. The number of rotatable bonds is 3. The number of carbonyl (C=O) groups is 1. The number of aromatic nitrogens is 1. The van der Waals surface area contributed by atoms with Crippen LogP contribution >= 0.6 is 0 Å². The Bertz CT molecular complexity index is 938. The summed E-state index contributed by atoms with van der Waals surface area (Å²) in [5.41, 5.74) is -1.04. The highest BCUT2D eigenvalue weighted by Gasteiger charge is 2.23. The Labute approximate surface area is 126 Å². The van der Waals surface area contributed by atoms with Gasteiger partial charge in [0, 0.05) is 12.3 Å². The molecule has 0 amide bonds. The van der Waals surface area contributed by atoms with Gasteiger partial charge in [0.05, 0.1) is 18.2 Å². The van der Waals surface area contributed by atoms with Gasteiger partial charge in [0.1, 0.15) is 11.0 Å². The lowest BCUT2D eigenvalue weighted by atomic mass is 10.2. The van der Waals surface area contributed by atoms with Crippen molar-refractivity contribution >= 4 is 16.0 Å². The van der Waals surface area contributed by atoms with E-state index >= 15 is 0 Å². The van der Waals surface area contributed by atoms with Crippen LogP contribution in [-0.4, -0.2) is 25.5 Å². The van der Waals surface area contributed by atoms with Gasteiger partial charge >= 0.3 is 5.97 Å². The first-order valence-corrected chi connectivity index (χ1v) is 7.41. The van der Waals surface area contributed by atoms with Gasteiger partial charge in [-0.05, 0) is 18.2 Å². The number of nitrogens with zero attached hydrogens (tertiary/aromatic N) is 2. The van der Waals surface area contributed by atoms with E-state index in [1.54, 1.807) is 6.07 Å². The second-order valence-corrected chi connectivity index (χ2v) is 5.94. The maximum atomic E-state index is 12.6. The summed E-state index contributed by atoms with van der Waals surface area (Å²) in [5, 5.41) is 9.00. The molecule has 2 aromatic rings. The summed E-state index contributed by atoms with van der Waals surface area (Å²) in [6, 6.07) is 9.33. The predicted molar refractivity (Wildman–Crippen MR) is 75.8 cm³/mol. The van der Waals surface area contributed by atoms with Crippen molar-refractivity contribution in [3.05, 3.63) is 64.1 Å². The Morgan fingerprint density at radius 3 is 2.55 bits per heavy atom. The van der Waals surface area contributed by atoms with Crippen molar-refractivity contribution in [3.8, 4) is 6.07 Å². The average Bonchev–Trinajstić information content (AvgIpc) is 2.54. The van der Waals surface area contributed by atoms with Gasteiger partial charge in [0.25, 0.3) is 15.6 Å². The summed E-state index contributed by atoms with van der Waals surface area (Å²) >= 11 is 0. The van der Waals surface area contributed by atoms with Crippen molar-refractivity contribution < 1.29 is 17.9 Å². The molecule has 0 unspecified atom stereocenters. The van der Waals surface area contributed by atoms with E-state index in [0.29, 0.717) is 3.97 Å². The highest BCUT2D eigenvalue weighted by Crippen LogP contribution is 2.17. The Kier molecular flexibility index (Phi) is 4.10. The van der Waals surface area contributed by atoms with E-state index in [4.69, 9.17) is 5.26 Å². The lowest BCUT2D eigenvalue weighted by Gasteiger charge is -2.09. The number of hydrogen-bond donors (Lipinski definition) is 0. The molecule has 0 fully saturated rings.